The minimum absolute atomic E-state index is 0.206. The molecule has 0 amide bonds. The van der Waals surface area contributed by atoms with Crippen molar-refractivity contribution in [3.05, 3.63) is 95.6 Å². The highest BCUT2D eigenvalue weighted by molar-refractivity contribution is 5.44. The normalized spacial score (nSPS) is 11.4. The van der Waals surface area contributed by atoms with Gasteiger partial charge in [-0.25, -0.2) is 0 Å². The predicted octanol–water partition coefficient (Wildman–Crippen LogP) is 5.04. The molecule has 0 heterocycles. The molecule has 0 aliphatic rings. The smallest absolute Gasteiger partial charge is 0.115 e. The summed E-state index contributed by atoms with van der Waals surface area (Å²) in [5.41, 5.74) is 3.39. The van der Waals surface area contributed by atoms with Crippen LogP contribution in [0.2, 0.25) is 0 Å². The van der Waals surface area contributed by atoms with Crippen LogP contribution < -0.4 is 0 Å². The quantitative estimate of drug-likeness (QED) is 0.692. The van der Waals surface area contributed by atoms with Crippen LogP contribution >= 0.6 is 0 Å². The zero-order valence-corrected chi connectivity index (χ0v) is 13.8. The molecule has 2 heteroatoms. The Kier molecular flexibility index (Phi) is 4.57. The third kappa shape index (κ3) is 3.13. The summed E-state index contributed by atoms with van der Waals surface area (Å²) in [6.45, 7) is 2.18. The van der Waals surface area contributed by atoms with Gasteiger partial charge in [-0.2, -0.15) is 0 Å². The van der Waals surface area contributed by atoms with Crippen molar-refractivity contribution in [2.45, 2.75) is 25.2 Å². The van der Waals surface area contributed by atoms with E-state index in [1.54, 1.807) is 24.3 Å². The zero-order chi connectivity index (χ0) is 17.0. The van der Waals surface area contributed by atoms with Crippen molar-refractivity contribution in [2.24, 2.45) is 0 Å². The van der Waals surface area contributed by atoms with Crippen LogP contribution in [0.4, 0.5) is 0 Å². The lowest BCUT2D eigenvalue weighted by atomic mass is 9.68. The molecule has 3 rings (SSSR count). The molecule has 0 fully saturated rings. The van der Waals surface area contributed by atoms with Crippen molar-refractivity contribution >= 4 is 0 Å². The highest BCUT2D eigenvalue weighted by Crippen LogP contribution is 2.40. The van der Waals surface area contributed by atoms with E-state index in [0.717, 1.165) is 24.0 Å². The van der Waals surface area contributed by atoms with Crippen LogP contribution in [0.3, 0.4) is 0 Å². The Balaban J connectivity index is 2.14. The highest BCUT2D eigenvalue weighted by Gasteiger charge is 2.32. The van der Waals surface area contributed by atoms with Crippen LogP contribution in [0.1, 0.15) is 30.0 Å². The fourth-order valence-electron chi connectivity index (χ4n) is 3.41. The minimum atomic E-state index is -0.206. The molecule has 0 spiro atoms. The third-order valence-corrected chi connectivity index (χ3v) is 4.79. The van der Waals surface area contributed by atoms with Gasteiger partial charge in [-0.05, 0) is 53.8 Å². The average molecular weight is 318 g/mol. The molecule has 0 radical (unpaired) electrons. The Morgan fingerprint density at radius 1 is 0.667 bits per heavy atom. The van der Waals surface area contributed by atoms with E-state index >= 15 is 0 Å². The minimum Gasteiger partial charge on any atom is -0.508 e. The number of phenols is 2. The second-order valence-electron chi connectivity index (χ2n) is 6.19. The highest BCUT2D eigenvalue weighted by atomic mass is 16.3. The maximum Gasteiger partial charge on any atom is 0.115 e. The van der Waals surface area contributed by atoms with E-state index < -0.39 is 0 Å². The van der Waals surface area contributed by atoms with E-state index in [0.29, 0.717) is 0 Å². The monoisotopic (exact) mass is 318 g/mol. The van der Waals surface area contributed by atoms with Gasteiger partial charge < -0.3 is 10.2 Å². The molecule has 0 unspecified atom stereocenters. The second kappa shape index (κ2) is 6.79. The topological polar surface area (TPSA) is 40.5 Å². The van der Waals surface area contributed by atoms with Crippen molar-refractivity contribution in [3.63, 3.8) is 0 Å². The Hall–Kier alpha value is -2.74. The van der Waals surface area contributed by atoms with E-state index in [-0.39, 0.29) is 16.9 Å². The first-order chi connectivity index (χ1) is 11.6. The van der Waals surface area contributed by atoms with Crippen molar-refractivity contribution in [1.82, 2.24) is 0 Å². The van der Waals surface area contributed by atoms with Gasteiger partial charge in [-0.3, -0.25) is 0 Å². The standard InChI is InChI=1S/C22H22O2/c1-2-22(16-17-6-4-3-5-7-17,18-8-12-20(23)13-9-18)19-10-14-21(24)15-11-19/h3-15,23-24H,2,16H2,1H3. The van der Waals surface area contributed by atoms with E-state index in [2.05, 4.69) is 31.2 Å². The molecule has 0 saturated carbocycles. The lowest BCUT2D eigenvalue weighted by Gasteiger charge is -2.35. The molecule has 0 aliphatic carbocycles. The fraction of sp³-hybridized carbons (Fsp3) is 0.182. The first-order valence-corrected chi connectivity index (χ1v) is 8.27. The van der Waals surface area contributed by atoms with E-state index in [1.807, 2.05) is 30.3 Å². The van der Waals surface area contributed by atoms with Gasteiger partial charge in [0.05, 0.1) is 0 Å². The molecule has 0 atom stereocenters. The van der Waals surface area contributed by atoms with Crippen LogP contribution in [0.25, 0.3) is 0 Å². The molecule has 0 bridgehead atoms. The van der Waals surface area contributed by atoms with E-state index in [9.17, 15) is 10.2 Å². The molecule has 0 aromatic heterocycles. The number of hydrogen-bond donors (Lipinski definition) is 2. The largest absolute Gasteiger partial charge is 0.508 e. The molecule has 3 aromatic carbocycles. The van der Waals surface area contributed by atoms with Gasteiger partial charge in [0.1, 0.15) is 11.5 Å². The summed E-state index contributed by atoms with van der Waals surface area (Å²) in [4.78, 5) is 0. The summed E-state index contributed by atoms with van der Waals surface area (Å²) < 4.78 is 0. The SMILES string of the molecule is CCC(Cc1ccccc1)(c1ccc(O)cc1)c1ccc(O)cc1. The summed E-state index contributed by atoms with van der Waals surface area (Å²) in [6, 6.07) is 25.4. The van der Waals surface area contributed by atoms with E-state index in [1.165, 1.54) is 5.56 Å². The molecule has 2 N–H and O–H groups in total. The van der Waals surface area contributed by atoms with Gasteiger partial charge in [0, 0.05) is 5.41 Å². The average Bonchev–Trinajstić information content (AvgIpc) is 2.62. The molecular weight excluding hydrogens is 296 g/mol. The van der Waals surface area contributed by atoms with Gasteiger partial charge >= 0.3 is 0 Å². The molecule has 3 aromatic rings. The molecule has 0 aliphatic heterocycles. The number of rotatable bonds is 5. The lowest BCUT2D eigenvalue weighted by Crippen LogP contribution is -2.29. The number of benzene rings is 3. The zero-order valence-electron chi connectivity index (χ0n) is 13.8. The van der Waals surface area contributed by atoms with Crippen molar-refractivity contribution in [2.75, 3.05) is 0 Å². The lowest BCUT2D eigenvalue weighted by molar-refractivity contribution is 0.466. The Labute approximate surface area is 143 Å². The predicted molar refractivity (Wildman–Crippen MR) is 97.4 cm³/mol. The number of aromatic hydroxyl groups is 2. The summed E-state index contributed by atoms with van der Waals surface area (Å²) in [6.07, 6.45) is 1.78. The van der Waals surface area contributed by atoms with E-state index in [4.69, 9.17) is 0 Å². The van der Waals surface area contributed by atoms with Gasteiger partial charge in [0.2, 0.25) is 0 Å². The molecule has 0 saturated heterocycles. The van der Waals surface area contributed by atoms with Crippen LogP contribution in [-0.2, 0) is 11.8 Å². The van der Waals surface area contributed by atoms with Crippen LogP contribution in [0, 0.1) is 0 Å². The summed E-state index contributed by atoms with van der Waals surface area (Å²) in [5.74, 6) is 0.545. The Bertz CT molecular complexity index is 729. The summed E-state index contributed by atoms with van der Waals surface area (Å²) in [5, 5.41) is 19.3. The fourth-order valence-corrected chi connectivity index (χ4v) is 3.41. The number of phenolic OH excluding ortho intramolecular Hbond substituents is 2. The summed E-state index contributed by atoms with van der Waals surface area (Å²) in [7, 11) is 0. The summed E-state index contributed by atoms with van der Waals surface area (Å²) >= 11 is 0. The second-order valence-corrected chi connectivity index (χ2v) is 6.19. The molecule has 2 nitrogen and oxygen atoms in total. The van der Waals surface area contributed by atoms with Gasteiger partial charge in [0.15, 0.2) is 0 Å². The van der Waals surface area contributed by atoms with Crippen molar-refractivity contribution in [1.29, 1.82) is 0 Å². The van der Waals surface area contributed by atoms with Crippen molar-refractivity contribution < 1.29 is 10.2 Å². The van der Waals surface area contributed by atoms with Crippen LogP contribution in [0.15, 0.2) is 78.9 Å². The van der Waals surface area contributed by atoms with Crippen LogP contribution in [-0.4, -0.2) is 10.2 Å². The van der Waals surface area contributed by atoms with Crippen molar-refractivity contribution in [3.8, 4) is 11.5 Å². The van der Waals surface area contributed by atoms with Gasteiger partial charge in [-0.1, -0.05) is 61.5 Å². The van der Waals surface area contributed by atoms with Gasteiger partial charge in [0.25, 0.3) is 0 Å². The Morgan fingerprint density at radius 3 is 1.54 bits per heavy atom. The molecular formula is C22H22O2. The maximum atomic E-state index is 9.66. The number of hydrogen-bond acceptors (Lipinski definition) is 2. The first kappa shape index (κ1) is 16.1. The van der Waals surface area contributed by atoms with Crippen LogP contribution in [0.5, 0.6) is 11.5 Å². The third-order valence-electron chi connectivity index (χ3n) is 4.79. The molecule has 24 heavy (non-hydrogen) atoms. The first-order valence-electron chi connectivity index (χ1n) is 8.27. The maximum absolute atomic E-state index is 9.66. The Morgan fingerprint density at radius 2 is 1.12 bits per heavy atom. The van der Waals surface area contributed by atoms with Gasteiger partial charge in [-0.15, -0.1) is 0 Å². The molecule has 122 valence electrons.